The minimum Gasteiger partial charge on any atom is -0.278 e. The second-order valence-electron chi connectivity index (χ2n) is 12.5. The molecule has 0 bridgehead atoms. The summed E-state index contributed by atoms with van der Waals surface area (Å²) in [5.74, 6) is 1.85. The molecule has 0 saturated carbocycles. The molecule has 0 fully saturated rings. The molecule has 0 atom stereocenters. The van der Waals surface area contributed by atoms with Gasteiger partial charge < -0.3 is 0 Å². The van der Waals surface area contributed by atoms with E-state index < -0.39 is 0 Å². The van der Waals surface area contributed by atoms with Crippen molar-refractivity contribution < 1.29 is 0 Å². The second-order valence-corrected chi connectivity index (χ2v) is 13.5. The van der Waals surface area contributed by atoms with Crippen LogP contribution in [0.5, 0.6) is 0 Å². The standard InChI is InChI=1S/C45H28N4S/c1-3-12-29(13-4-1)33-26-27-36-35-16-7-9-20-39(35)49(40(36)28-33)45-47-43(31-14-5-2-6-15-31)46-44(48-45)32-24-22-30(23-25-32)34-18-11-19-38-37-17-8-10-21-41(37)50-42(34)38/h1-28H. The third-order valence-corrected chi connectivity index (χ3v) is 10.7. The summed E-state index contributed by atoms with van der Waals surface area (Å²) in [7, 11) is 0. The van der Waals surface area contributed by atoms with Crippen molar-refractivity contribution in [1.29, 1.82) is 0 Å². The van der Waals surface area contributed by atoms with Crippen LogP contribution in [0.2, 0.25) is 0 Å². The summed E-state index contributed by atoms with van der Waals surface area (Å²) >= 11 is 1.85. The van der Waals surface area contributed by atoms with E-state index in [2.05, 4.69) is 150 Å². The molecule has 0 aliphatic carbocycles. The zero-order valence-electron chi connectivity index (χ0n) is 26.9. The fourth-order valence-electron chi connectivity index (χ4n) is 7.08. The Morgan fingerprint density at radius 3 is 1.74 bits per heavy atom. The molecule has 0 saturated heterocycles. The quantitative estimate of drug-likeness (QED) is 0.185. The van der Waals surface area contributed by atoms with E-state index in [1.54, 1.807) is 0 Å². The highest BCUT2D eigenvalue weighted by molar-refractivity contribution is 7.26. The lowest BCUT2D eigenvalue weighted by atomic mass is 10.0. The van der Waals surface area contributed by atoms with Gasteiger partial charge in [0.05, 0.1) is 11.0 Å². The van der Waals surface area contributed by atoms with Crippen LogP contribution in [-0.4, -0.2) is 19.5 Å². The first kappa shape index (κ1) is 28.6. The number of thiophene rings is 1. The average molecular weight is 657 g/mol. The maximum absolute atomic E-state index is 5.20. The molecule has 7 aromatic carbocycles. The Morgan fingerprint density at radius 2 is 0.960 bits per heavy atom. The van der Waals surface area contributed by atoms with Crippen molar-refractivity contribution in [3.05, 3.63) is 170 Å². The minimum absolute atomic E-state index is 0.587. The molecule has 0 spiro atoms. The second kappa shape index (κ2) is 11.6. The smallest absolute Gasteiger partial charge is 0.238 e. The first-order valence-corrected chi connectivity index (χ1v) is 17.5. The summed E-state index contributed by atoms with van der Waals surface area (Å²) in [6.07, 6.45) is 0. The Morgan fingerprint density at radius 1 is 0.380 bits per heavy atom. The van der Waals surface area contributed by atoms with Gasteiger partial charge in [-0.1, -0.05) is 152 Å². The molecular formula is C45H28N4S. The number of nitrogens with zero attached hydrogens (tertiary/aromatic N) is 4. The van der Waals surface area contributed by atoms with Crippen molar-refractivity contribution in [2.75, 3.05) is 0 Å². The molecule has 0 N–H and O–H groups in total. The van der Waals surface area contributed by atoms with Gasteiger partial charge in [0, 0.05) is 42.1 Å². The van der Waals surface area contributed by atoms with Crippen molar-refractivity contribution in [3.63, 3.8) is 0 Å². The van der Waals surface area contributed by atoms with E-state index >= 15 is 0 Å². The predicted octanol–water partition coefficient (Wildman–Crippen LogP) is 12.0. The molecule has 10 rings (SSSR count). The van der Waals surface area contributed by atoms with Crippen molar-refractivity contribution in [2.45, 2.75) is 0 Å². The van der Waals surface area contributed by atoms with Crippen molar-refractivity contribution in [2.24, 2.45) is 0 Å². The van der Waals surface area contributed by atoms with Gasteiger partial charge in [-0.3, -0.25) is 4.57 Å². The van der Waals surface area contributed by atoms with E-state index in [1.807, 2.05) is 35.6 Å². The lowest BCUT2D eigenvalue weighted by Gasteiger charge is -2.12. The molecule has 5 heteroatoms. The van der Waals surface area contributed by atoms with Crippen LogP contribution in [0.15, 0.2) is 170 Å². The van der Waals surface area contributed by atoms with E-state index in [-0.39, 0.29) is 0 Å². The Kier molecular flexibility index (Phi) is 6.64. The SMILES string of the molecule is c1ccc(-c2ccc3c4ccccc4n(-c4nc(-c5ccccc5)nc(-c5ccc(-c6cccc7c6sc6ccccc67)cc5)n4)c3c2)cc1. The predicted molar refractivity (Wildman–Crippen MR) is 209 cm³/mol. The van der Waals surface area contributed by atoms with Crippen molar-refractivity contribution in [3.8, 4) is 51.0 Å². The zero-order chi connectivity index (χ0) is 33.0. The van der Waals surface area contributed by atoms with Gasteiger partial charge in [-0.2, -0.15) is 9.97 Å². The van der Waals surface area contributed by atoms with Gasteiger partial charge >= 0.3 is 0 Å². The molecular weight excluding hydrogens is 629 g/mol. The maximum Gasteiger partial charge on any atom is 0.238 e. The van der Waals surface area contributed by atoms with Gasteiger partial charge in [0.15, 0.2) is 11.6 Å². The topological polar surface area (TPSA) is 43.6 Å². The maximum atomic E-state index is 5.20. The van der Waals surface area contributed by atoms with Crippen LogP contribution in [0, 0.1) is 0 Å². The number of fused-ring (bicyclic) bond motifs is 6. The first-order valence-electron chi connectivity index (χ1n) is 16.7. The van der Waals surface area contributed by atoms with E-state index in [4.69, 9.17) is 15.0 Å². The fraction of sp³-hybridized carbons (Fsp3) is 0. The molecule has 0 radical (unpaired) electrons. The third kappa shape index (κ3) is 4.71. The highest BCUT2D eigenvalue weighted by Gasteiger charge is 2.19. The summed E-state index contributed by atoms with van der Waals surface area (Å²) in [4.78, 5) is 15.4. The number of para-hydroxylation sites is 1. The number of benzene rings is 7. The van der Waals surface area contributed by atoms with Crippen LogP contribution in [0.25, 0.3) is 93.0 Å². The van der Waals surface area contributed by atoms with Gasteiger partial charge in [0.2, 0.25) is 5.95 Å². The van der Waals surface area contributed by atoms with E-state index in [0.29, 0.717) is 17.6 Å². The molecule has 10 aromatic rings. The summed E-state index contributed by atoms with van der Waals surface area (Å²) in [5.41, 5.74) is 8.68. The van der Waals surface area contributed by atoms with E-state index in [0.717, 1.165) is 38.5 Å². The third-order valence-electron chi connectivity index (χ3n) is 9.49. The minimum atomic E-state index is 0.587. The summed E-state index contributed by atoms with van der Waals surface area (Å²) in [6.45, 7) is 0. The highest BCUT2D eigenvalue weighted by atomic mass is 32.1. The molecule has 0 aliphatic rings. The van der Waals surface area contributed by atoms with Crippen molar-refractivity contribution >= 4 is 53.3 Å². The Balaban J connectivity index is 1.15. The largest absolute Gasteiger partial charge is 0.278 e. The van der Waals surface area contributed by atoms with Crippen LogP contribution < -0.4 is 0 Å². The molecule has 3 heterocycles. The van der Waals surface area contributed by atoms with Crippen LogP contribution in [0.1, 0.15) is 0 Å². The van der Waals surface area contributed by atoms with E-state index in [9.17, 15) is 0 Å². The van der Waals surface area contributed by atoms with Gasteiger partial charge in [0.1, 0.15) is 0 Å². The number of aromatic nitrogens is 4. The van der Waals surface area contributed by atoms with Crippen LogP contribution >= 0.6 is 11.3 Å². The number of rotatable bonds is 5. The molecule has 3 aromatic heterocycles. The average Bonchev–Trinajstić information content (AvgIpc) is 3.74. The number of hydrogen-bond donors (Lipinski definition) is 0. The normalized spacial score (nSPS) is 11.6. The zero-order valence-corrected chi connectivity index (χ0v) is 27.7. The highest BCUT2D eigenvalue weighted by Crippen LogP contribution is 2.40. The first-order chi connectivity index (χ1) is 24.8. The summed E-state index contributed by atoms with van der Waals surface area (Å²) in [5, 5.41) is 4.91. The summed E-state index contributed by atoms with van der Waals surface area (Å²) < 4.78 is 4.79. The van der Waals surface area contributed by atoms with Crippen molar-refractivity contribution in [1.82, 2.24) is 19.5 Å². The molecule has 234 valence electrons. The molecule has 50 heavy (non-hydrogen) atoms. The molecule has 4 nitrogen and oxygen atoms in total. The molecule has 0 amide bonds. The van der Waals surface area contributed by atoms with Crippen LogP contribution in [0.3, 0.4) is 0 Å². The Labute approximate surface area is 292 Å². The van der Waals surface area contributed by atoms with Gasteiger partial charge in [-0.25, -0.2) is 4.98 Å². The fourth-order valence-corrected chi connectivity index (χ4v) is 8.32. The van der Waals surface area contributed by atoms with Gasteiger partial charge in [0.25, 0.3) is 0 Å². The Bertz CT molecular complexity index is 2850. The van der Waals surface area contributed by atoms with Gasteiger partial charge in [-0.05, 0) is 40.5 Å². The lowest BCUT2D eigenvalue weighted by molar-refractivity contribution is 0.953. The van der Waals surface area contributed by atoms with Gasteiger partial charge in [-0.15, -0.1) is 11.3 Å². The van der Waals surface area contributed by atoms with Crippen LogP contribution in [-0.2, 0) is 0 Å². The monoisotopic (exact) mass is 656 g/mol. The van der Waals surface area contributed by atoms with Crippen LogP contribution in [0.4, 0.5) is 0 Å². The van der Waals surface area contributed by atoms with E-state index in [1.165, 1.54) is 36.9 Å². The summed E-state index contributed by atoms with van der Waals surface area (Å²) in [6, 6.07) is 59.7. The lowest BCUT2D eigenvalue weighted by Crippen LogP contribution is -2.06. The number of hydrogen-bond acceptors (Lipinski definition) is 4. The molecule has 0 unspecified atom stereocenters. The molecule has 0 aliphatic heterocycles. The Hall–Kier alpha value is -6.43.